The summed E-state index contributed by atoms with van der Waals surface area (Å²) in [6, 6.07) is 9.37. The second-order valence-corrected chi connectivity index (χ2v) is 6.15. The van der Waals surface area contributed by atoms with Gasteiger partial charge in [0.15, 0.2) is 0 Å². The molecular weight excluding hydrogens is 368 g/mol. The second-order valence-electron chi connectivity index (χ2n) is 6.15. The highest BCUT2D eigenvalue weighted by molar-refractivity contribution is 6.07. The Hall–Kier alpha value is -3.10. The van der Waals surface area contributed by atoms with Crippen molar-refractivity contribution in [1.82, 2.24) is 10.2 Å². The quantitative estimate of drug-likeness (QED) is 0.648. The highest BCUT2D eigenvalue weighted by atomic mass is 19.4. The maximum absolute atomic E-state index is 13.0. The molecule has 1 fully saturated rings. The number of hydrogen-bond donors (Lipinski definition) is 1. The number of halogens is 4. The molecule has 3 rings (SSSR count). The molecule has 0 bridgehead atoms. The molecule has 1 saturated heterocycles. The summed E-state index contributed by atoms with van der Waals surface area (Å²) in [6.45, 7) is 1.40. The van der Waals surface area contributed by atoms with Gasteiger partial charge in [-0.1, -0.05) is 24.3 Å². The molecule has 0 saturated carbocycles. The average Bonchev–Trinajstić information content (AvgIpc) is 2.80. The summed E-state index contributed by atoms with van der Waals surface area (Å²) in [5.41, 5.74) is -0.580. The number of hydrogen-bond acceptors (Lipinski definition) is 3. The number of carbonyl (C=O) groups excluding carboxylic acids is 2. The van der Waals surface area contributed by atoms with Crippen molar-refractivity contribution in [2.75, 3.05) is 0 Å². The van der Waals surface area contributed by atoms with Gasteiger partial charge in [0, 0.05) is 0 Å². The van der Waals surface area contributed by atoms with Crippen molar-refractivity contribution in [3.05, 3.63) is 65.5 Å². The lowest BCUT2D eigenvalue weighted by atomic mass is 9.92. The highest BCUT2D eigenvalue weighted by Gasteiger charge is 2.48. The maximum Gasteiger partial charge on any atom is 0.573 e. The Morgan fingerprint density at radius 1 is 1.04 bits per heavy atom. The van der Waals surface area contributed by atoms with Gasteiger partial charge in [-0.3, -0.25) is 9.69 Å². The van der Waals surface area contributed by atoms with Gasteiger partial charge in [-0.25, -0.2) is 9.18 Å². The van der Waals surface area contributed by atoms with E-state index in [4.69, 9.17) is 0 Å². The van der Waals surface area contributed by atoms with Gasteiger partial charge >= 0.3 is 12.4 Å². The molecule has 1 aliphatic rings. The molecule has 1 N–H and O–H groups in total. The molecule has 0 spiro atoms. The predicted octanol–water partition coefficient (Wildman–Crippen LogP) is 3.69. The largest absolute Gasteiger partial charge is 0.573 e. The van der Waals surface area contributed by atoms with Gasteiger partial charge in [0.1, 0.15) is 17.1 Å². The van der Waals surface area contributed by atoms with Crippen LogP contribution in [0.1, 0.15) is 18.1 Å². The van der Waals surface area contributed by atoms with Crippen LogP contribution >= 0.6 is 0 Å². The van der Waals surface area contributed by atoms with Crippen LogP contribution in [0.4, 0.5) is 22.4 Å². The van der Waals surface area contributed by atoms with Gasteiger partial charge in [0.05, 0.1) is 6.54 Å². The molecule has 2 aromatic rings. The zero-order valence-electron chi connectivity index (χ0n) is 14.0. The predicted molar refractivity (Wildman–Crippen MR) is 86.0 cm³/mol. The van der Waals surface area contributed by atoms with Gasteiger partial charge in [-0.15, -0.1) is 13.2 Å². The molecule has 0 aromatic heterocycles. The molecule has 9 heteroatoms. The molecule has 5 nitrogen and oxygen atoms in total. The first kappa shape index (κ1) is 18.7. The summed E-state index contributed by atoms with van der Waals surface area (Å²) >= 11 is 0. The van der Waals surface area contributed by atoms with Crippen molar-refractivity contribution in [3.63, 3.8) is 0 Å². The summed E-state index contributed by atoms with van der Waals surface area (Å²) in [5, 5.41) is 2.55. The third-order valence-corrected chi connectivity index (χ3v) is 4.19. The van der Waals surface area contributed by atoms with E-state index in [9.17, 15) is 27.2 Å². The number of rotatable bonds is 4. The second kappa shape index (κ2) is 6.57. The number of nitrogens with zero attached hydrogens (tertiary/aromatic N) is 1. The van der Waals surface area contributed by atoms with Gasteiger partial charge in [-0.2, -0.15) is 0 Å². The SMILES string of the molecule is CC1(c2ccc(OC(F)(F)F)cc2)NC(=O)N(Cc2ccc(F)cc2)C1=O. The van der Waals surface area contributed by atoms with E-state index in [1.54, 1.807) is 0 Å². The Morgan fingerprint density at radius 2 is 1.63 bits per heavy atom. The van der Waals surface area contributed by atoms with Crippen molar-refractivity contribution >= 4 is 11.9 Å². The van der Waals surface area contributed by atoms with E-state index in [-0.39, 0.29) is 6.54 Å². The first-order valence-corrected chi connectivity index (χ1v) is 7.83. The standard InChI is InChI=1S/C18H14F4N2O3/c1-17(12-4-8-14(9-5-12)27-18(20,21)22)15(25)24(16(26)23-17)10-11-2-6-13(19)7-3-11/h2-9H,10H2,1H3,(H,23,26). The number of imide groups is 1. The minimum absolute atomic E-state index is 0.0597. The van der Waals surface area contributed by atoms with Crippen LogP contribution < -0.4 is 10.1 Å². The molecular formula is C18H14F4N2O3. The van der Waals surface area contributed by atoms with E-state index in [1.165, 1.54) is 43.3 Å². The summed E-state index contributed by atoms with van der Waals surface area (Å²) in [5.74, 6) is -1.45. The van der Waals surface area contributed by atoms with E-state index >= 15 is 0 Å². The molecule has 0 aliphatic carbocycles. The van der Waals surface area contributed by atoms with E-state index in [0.717, 1.165) is 17.0 Å². The summed E-state index contributed by atoms with van der Waals surface area (Å²) in [4.78, 5) is 26.0. The number of benzene rings is 2. The lowest BCUT2D eigenvalue weighted by Gasteiger charge is -2.22. The van der Waals surface area contributed by atoms with Gasteiger partial charge in [0.2, 0.25) is 0 Å². The van der Waals surface area contributed by atoms with Crippen LogP contribution in [0.3, 0.4) is 0 Å². The van der Waals surface area contributed by atoms with Gasteiger partial charge in [0.25, 0.3) is 5.91 Å². The third-order valence-electron chi connectivity index (χ3n) is 4.19. The monoisotopic (exact) mass is 382 g/mol. The Kier molecular flexibility index (Phi) is 4.54. The van der Waals surface area contributed by atoms with Crippen LogP contribution in [-0.4, -0.2) is 23.2 Å². The highest BCUT2D eigenvalue weighted by Crippen LogP contribution is 2.32. The van der Waals surface area contributed by atoms with Crippen molar-refractivity contribution in [1.29, 1.82) is 0 Å². The Labute approximate surface area is 151 Å². The van der Waals surface area contributed by atoms with Crippen LogP contribution in [0.15, 0.2) is 48.5 Å². The van der Waals surface area contributed by atoms with Crippen LogP contribution in [0.2, 0.25) is 0 Å². The molecule has 1 unspecified atom stereocenters. The van der Waals surface area contributed by atoms with Crippen molar-refractivity contribution < 1.29 is 31.9 Å². The molecule has 3 amide bonds. The molecule has 27 heavy (non-hydrogen) atoms. The molecule has 2 aromatic carbocycles. The fourth-order valence-corrected chi connectivity index (χ4v) is 2.80. The Morgan fingerprint density at radius 3 is 2.19 bits per heavy atom. The number of amides is 3. The smallest absolute Gasteiger partial charge is 0.406 e. The third kappa shape index (κ3) is 3.86. The summed E-state index contributed by atoms with van der Waals surface area (Å²) in [6.07, 6.45) is -4.82. The van der Waals surface area contributed by atoms with Gasteiger partial charge < -0.3 is 10.1 Å². The van der Waals surface area contributed by atoms with Crippen LogP contribution in [0.25, 0.3) is 0 Å². The Bertz CT molecular complexity index is 866. The zero-order valence-corrected chi connectivity index (χ0v) is 14.0. The van der Waals surface area contributed by atoms with Crippen LogP contribution in [0, 0.1) is 5.82 Å². The minimum Gasteiger partial charge on any atom is -0.406 e. The molecule has 142 valence electrons. The van der Waals surface area contributed by atoms with Crippen LogP contribution in [0.5, 0.6) is 5.75 Å². The first-order chi connectivity index (χ1) is 12.6. The lowest BCUT2D eigenvalue weighted by molar-refractivity contribution is -0.274. The van der Waals surface area contributed by atoms with Crippen LogP contribution in [-0.2, 0) is 16.9 Å². The fourth-order valence-electron chi connectivity index (χ4n) is 2.80. The van der Waals surface area contributed by atoms with E-state index in [1.807, 2.05) is 0 Å². The van der Waals surface area contributed by atoms with Crippen molar-refractivity contribution in [2.45, 2.75) is 25.4 Å². The number of carbonyl (C=O) groups is 2. The Balaban J connectivity index is 1.80. The maximum atomic E-state index is 13.0. The lowest BCUT2D eigenvalue weighted by Crippen LogP contribution is -2.40. The van der Waals surface area contributed by atoms with E-state index < -0.39 is 35.4 Å². The fraction of sp³-hybridized carbons (Fsp3) is 0.222. The molecule has 1 aliphatic heterocycles. The summed E-state index contributed by atoms with van der Waals surface area (Å²) in [7, 11) is 0. The molecule has 0 radical (unpaired) electrons. The first-order valence-electron chi connectivity index (χ1n) is 7.83. The van der Waals surface area contributed by atoms with E-state index in [2.05, 4.69) is 10.1 Å². The minimum atomic E-state index is -4.82. The van der Waals surface area contributed by atoms with Gasteiger partial charge in [-0.05, 0) is 42.3 Å². The molecule has 1 heterocycles. The van der Waals surface area contributed by atoms with Crippen molar-refractivity contribution in [2.24, 2.45) is 0 Å². The number of urea groups is 1. The topological polar surface area (TPSA) is 58.6 Å². The zero-order chi connectivity index (χ0) is 19.8. The number of nitrogens with one attached hydrogen (secondary N) is 1. The average molecular weight is 382 g/mol. The normalized spacial score (nSPS) is 20.0. The number of alkyl halides is 3. The number of ether oxygens (including phenoxy) is 1. The summed E-state index contributed by atoms with van der Waals surface area (Å²) < 4.78 is 53.5. The van der Waals surface area contributed by atoms with Crippen molar-refractivity contribution in [3.8, 4) is 5.75 Å². The van der Waals surface area contributed by atoms with E-state index in [0.29, 0.717) is 11.1 Å². The molecule has 1 atom stereocenters.